The summed E-state index contributed by atoms with van der Waals surface area (Å²) in [4.78, 5) is 10.9. The van der Waals surface area contributed by atoms with Crippen molar-refractivity contribution in [1.29, 1.82) is 0 Å². The van der Waals surface area contributed by atoms with E-state index in [0.29, 0.717) is 5.69 Å². The van der Waals surface area contributed by atoms with Crippen LogP contribution in [0.1, 0.15) is 21.7 Å². The molecule has 0 unspecified atom stereocenters. The lowest BCUT2D eigenvalue weighted by Crippen LogP contribution is -2.03. The number of hydrogen-bond donors (Lipinski definition) is 2. The van der Waals surface area contributed by atoms with Crippen molar-refractivity contribution in [3.8, 4) is 11.4 Å². The van der Waals surface area contributed by atoms with Crippen molar-refractivity contribution in [3.05, 3.63) is 46.2 Å². The molecule has 0 amide bonds. The zero-order chi connectivity index (χ0) is 13.4. The van der Waals surface area contributed by atoms with E-state index in [-0.39, 0.29) is 16.3 Å². The first-order valence-corrected chi connectivity index (χ1v) is 5.70. The van der Waals surface area contributed by atoms with Gasteiger partial charge in [0.15, 0.2) is 0 Å². The minimum Gasteiger partial charge on any atom is -0.507 e. The van der Waals surface area contributed by atoms with Crippen LogP contribution < -0.4 is 0 Å². The van der Waals surface area contributed by atoms with E-state index in [1.807, 2.05) is 30.5 Å². The normalized spacial score (nSPS) is 10.6. The molecule has 94 valence electrons. The summed E-state index contributed by atoms with van der Waals surface area (Å²) in [5.41, 5.74) is 2.28. The Morgan fingerprint density at radius 2 is 1.78 bits per heavy atom. The van der Waals surface area contributed by atoms with E-state index in [1.54, 1.807) is 0 Å². The largest absolute Gasteiger partial charge is 0.507 e. The molecule has 5 heteroatoms. The lowest BCUT2D eigenvalue weighted by Gasteiger charge is -2.13. The van der Waals surface area contributed by atoms with Gasteiger partial charge in [-0.2, -0.15) is 0 Å². The molecule has 0 aliphatic rings. The maximum absolute atomic E-state index is 10.9. The Labute approximate surface area is 109 Å². The molecule has 18 heavy (non-hydrogen) atoms. The Bertz CT molecular complexity index is 612. The highest BCUT2D eigenvalue weighted by Crippen LogP contribution is 2.31. The summed E-state index contributed by atoms with van der Waals surface area (Å²) in [6.45, 7) is 3.82. The van der Waals surface area contributed by atoms with E-state index >= 15 is 0 Å². The fraction of sp³-hybridized carbons (Fsp3) is 0.154. The molecule has 1 aromatic heterocycles. The summed E-state index contributed by atoms with van der Waals surface area (Å²) < 4.78 is 1.85. The first kappa shape index (κ1) is 12.5. The maximum Gasteiger partial charge on any atom is 0.339 e. The van der Waals surface area contributed by atoms with Crippen LogP contribution >= 0.6 is 11.6 Å². The molecule has 1 heterocycles. The highest BCUT2D eigenvalue weighted by atomic mass is 35.5. The fourth-order valence-electron chi connectivity index (χ4n) is 1.94. The van der Waals surface area contributed by atoms with E-state index in [0.717, 1.165) is 11.4 Å². The second-order valence-corrected chi connectivity index (χ2v) is 4.48. The molecule has 1 aromatic carbocycles. The van der Waals surface area contributed by atoms with E-state index in [1.165, 1.54) is 12.1 Å². The Morgan fingerprint density at radius 1 is 1.22 bits per heavy atom. The summed E-state index contributed by atoms with van der Waals surface area (Å²) in [6.07, 6.45) is 0. The van der Waals surface area contributed by atoms with Crippen LogP contribution in [-0.4, -0.2) is 20.7 Å². The maximum atomic E-state index is 10.9. The van der Waals surface area contributed by atoms with E-state index in [4.69, 9.17) is 16.7 Å². The number of aromatic carboxylic acids is 1. The predicted molar refractivity (Wildman–Crippen MR) is 68.9 cm³/mol. The van der Waals surface area contributed by atoms with Gasteiger partial charge in [-0.1, -0.05) is 11.6 Å². The lowest BCUT2D eigenvalue weighted by molar-refractivity contribution is 0.0694. The molecule has 4 nitrogen and oxygen atoms in total. The Balaban J connectivity index is 2.68. The third kappa shape index (κ3) is 1.95. The minimum atomic E-state index is -1.21. The van der Waals surface area contributed by atoms with E-state index in [2.05, 4.69) is 0 Å². The number of aryl methyl sites for hydroxylation is 2. The summed E-state index contributed by atoms with van der Waals surface area (Å²) in [6, 6.07) is 6.47. The number of hydrogen-bond acceptors (Lipinski definition) is 2. The van der Waals surface area contributed by atoms with Crippen molar-refractivity contribution in [3.63, 3.8) is 0 Å². The molecular formula is C13H12ClNO3. The third-order valence-electron chi connectivity index (χ3n) is 2.81. The van der Waals surface area contributed by atoms with Crippen LogP contribution in [-0.2, 0) is 0 Å². The van der Waals surface area contributed by atoms with Crippen LogP contribution in [0.5, 0.6) is 5.75 Å². The minimum absolute atomic E-state index is 0.203. The van der Waals surface area contributed by atoms with Crippen molar-refractivity contribution in [2.75, 3.05) is 0 Å². The van der Waals surface area contributed by atoms with Gasteiger partial charge in [-0.25, -0.2) is 4.79 Å². The Kier molecular flexibility index (Phi) is 3.05. The molecule has 0 atom stereocenters. The van der Waals surface area contributed by atoms with Crippen LogP contribution in [0, 0.1) is 13.8 Å². The molecular weight excluding hydrogens is 254 g/mol. The highest BCUT2D eigenvalue weighted by molar-refractivity contribution is 6.32. The SMILES string of the molecule is Cc1ccc(C)n1-c1cc(O)c(C(=O)O)cc1Cl. The average Bonchev–Trinajstić information content (AvgIpc) is 2.61. The first-order valence-electron chi connectivity index (χ1n) is 5.33. The standard InChI is InChI=1S/C13H12ClNO3/c1-7-3-4-8(2)15(7)11-6-12(16)9(13(17)18)5-10(11)14/h3-6,16H,1-2H3,(H,17,18). The molecule has 2 rings (SSSR count). The summed E-state index contributed by atoms with van der Waals surface area (Å²) in [7, 11) is 0. The second kappa shape index (κ2) is 4.38. The number of halogens is 1. The van der Waals surface area contributed by atoms with Gasteiger partial charge in [0.05, 0.1) is 10.7 Å². The van der Waals surface area contributed by atoms with Gasteiger partial charge >= 0.3 is 5.97 Å². The topological polar surface area (TPSA) is 62.5 Å². The molecule has 0 spiro atoms. The van der Waals surface area contributed by atoms with Crippen LogP contribution in [0.2, 0.25) is 5.02 Å². The van der Waals surface area contributed by atoms with Crippen molar-refractivity contribution < 1.29 is 15.0 Å². The zero-order valence-corrected chi connectivity index (χ0v) is 10.7. The lowest BCUT2D eigenvalue weighted by atomic mass is 10.1. The van der Waals surface area contributed by atoms with Crippen LogP contribution in [0.15, 0.2) is 24.3 Å². The van der Waals surface area contributed by atoms with Gasteiger partial charge in [0.2, 0.25) is 0 Å². The first-order chi connectivity index (χ1) is 8.41. The fourth-order valence-corrected chi connectivity index (χ4v) is 2.19. The van der Waals surface area contributed by atoms with Gasteiger partial charge in [-0.15, -0.1) is 0 Å². The molecule has 0 aliphatic heterocycles. The van der Waals surface area contributed by atoms with E-state index < -0.39 is 5.97 Å². The molecule has 0 bridgehead atoms. The van der Waals surface area contributed by atoms with Crippen LogP contribution in [0.3, 0.4) is 0 Å². The third-order valence-corrected chi connectivity index (χ3v) is 3.11. The number of nitrogens with zero attached hydrogens (tertiary/aromatic N) is 1. The van der Waals surface area contributed by atoms with E-state index in [9.17, 15) is 9.90 Å². The molecule has 0 saturated carbocycles. The number of rotatable bonds is 2. The predicted octanol–water partition coefficient (Wildman–Crippen LogP) is 3.15. The molecule has 2 aromatic rings. The van der Waals surface area contributed by atoms with Gasteiger partial charge in [0, 0.05) is 17.5 Å². The number of carboxylic acid groups (broad SMARTS) is 1. The van der Waals surface area contributed by atoms with Crippen LogP contribution in [0.25, 0.3) is 5.69 Å². The van der Waals surface area contributed by atoms with Crippen molar-refractivity contribution in [2.24, 2.45) is 0 Å². The molecule has 0 saturated heterocycles. The van der Waals surface area contributed by atoms with Crippen LogP contribution in [0.4, 0.5) is 0 Å². The smallest absolute Gasteiger partial charge is 0.339 e. The second-order valence-electron chi connectivity index (χ2n) is 4.08. The van der Waals surface area contributed by atoms with Crippen molar-refractivity contribution in [2.45, 2.75) is 13.8 Å². The van der Waals surface area contributed by atoms with Gasteiger partial charge in [-0.3, -0.25) is 0 Å². The molecule has 0 radical (unpaired) electrons. The average molecular weight is 266 g/mol. The number of aromatic hydroxyl groups is 1. The zero-order valence-electron chi connectivity index (χ0n) is 9.94. The van der Waals surface area contributed by atoms with Gasteiger partial charge in [-0.05, 0) is 32.0 Å². The molecule has 2 N–H and O–H groups in total. The monoisotopic (exact) mass is 265 g/mol. The number of aromatic nitrogens is 1. The number of carboxylic acids is 1. The Hall–Kier alpha value is -1.94. The summed E-state index contributed by atoms with van der Waals surface area (Å²) in [5.74, 6) is -1.50. The quantitative estimate of drug-likeness (QED) is 0.877. The molecule has 0 aliphatic carbocycles. The number of benzene rings is 1. The number of phenols is 1. The van der Waals surface area contributed by atoms with Gasteiger partial charge in [0.1, 0.15) is 11.3 Å². The highest BCUT2D eigenvalue weighted by Gasteiger charge is 2.16. The summed E-state index contributed by atoms with van der Waals surface area (Å²) >= 11 is 6.09. The Morgan fingerprint density at radius 3 is 2.28 bits per heavy atom. The molecule has 0 fully saturated rings. The van der Waals surface area contributed by atoms with Gasteiger partial charge in [0.25, 0.3) is 0 Å². The van der Waals surface area contributed by atoms with Crippen molar-refractivity contribution in [1.82, 2.24) is 4.57 Å². The number of carbonyl (C=O) groups is 1. The summed E-state index contributed by atoms with van der Waals surface area (Å²) in [5, 5.41) is 18.9. The van der Waals surface area contributed by atoms with Gasteiger partial charge < -0.3 is 14.8 Å². The van der Waals surface area contributed by atoms with Crippen molar-refractivity contribution >= 4 is 17.6 Å².